The highest BCUT2D eigenvalue weighted by molar-refractivity contribution is 7.93. The van der Waals surface area contributed by atoms with Crippen molar-refractivity contribution < 1.29 is 12.9 Å². The van der Waals surface area contributed by atoms with Crippen LogP contribution in [-0.2, 0) is 16.4 Å². The summed E-state index contributed by atoms with van der Waals surface area (Å²) in [6.45, 7) is 3.84. The maximum atomic E-state index is 12.8. The second-order valence-corrected chi connectivity index (χ2v) is 9.32. The van der Waals surface area contributed by atoms with Crippen LogP contribution in [-0.4, -0.2) is 18.6 Å². The van der Waals surface area contributed by atoms with Crippen molar-refractivity contribution >= 4 is 27.0 Å². The first-order valence-electron chi connectivity index (χ1n) is 8.52. The lowest BCUT2D eigenvalue weighted by molar-refractivity contribution is 0.380. The number of anilines is 1. The van der Waals surface area contributed by atoms with Crippen LogP contribution in [0.3, 0.4) is 0 Å². The van der Waals surface area contributed by atoms with E-state index in [9.17, 15) is 8.42 Å². The van der Waals surface area contributed by atoms with Crippen LogP contribution in [0.1, 0.15) is 42.0 Å². The SMILES string of the molecule is CCc1ccc(NS(=O)(=O)c2cc(-c3noc(C4CC4)n3)sc2C)cc1. The zero-order valence-corrected chi connectivity index (χ0v) is 16.2. The summed E-state index contributed by atoms with van der Waals surface area (Å²) in [5.41, 5.74) is 1.70. The predicted molar refractivity (Wildman–Crippen MR) is 101 cm³/mol. The van der Waals surface area contributed by atoms with E-state index < -0.39 is 10.0 Å². The van der Waals surface area contributed by atoms with Crippen molar-refractivity contribution in [2.24, 2.45) is 0 Å². The van der Waals surface area contributed by atoms with Crippen LogP contribution in [0.5, 0.6) is 0 Å². The molecule has 6 nitrogen and oxygen atoms in total. The van der Waals surface area contributed by atoms with Crippen LogP contribution in [0.15, 0.2) is 39.8 Å². The Morgan fingerprint density at radius 1 is 1.27 bits per heavy atom. The van der Waals surface area contributed by atoms with Crippen molar-refractivity contribution in [1.82, 2.24) is 10.1 Å². The van der Waals surface area contributed by atoms with Crippen LogP contribution in [0, 0.1) is 6.92 Å². The Bertz CT molecular complexity index is 1030. The second-order valence-electron chi connectivity index (χ2n) is 6.42. The van der Waals surface area contributed by atoms with Gasteiger partial charge in [-0.2, -0.15) is 4.98 Å². The maximum absolute atomic E-state index is 12.8. The first-order chi connectivity index (χ1) is 12.5. The third-order valence-electron chi connectivity index (χ3n) is 4.36. The van der Waals surface area contributed by atoms with Gasteiger partial charge in [-0.1, -0.05) is 24.2 Å². The summed E-state index contributed by atoms with van der Waals surface area (Å²) in [4.78, 5) is 6.03. The lowest BCUT2D eigenvalue weighted by Gasteiger charge is -2.08. The Morgan fingerprint density at radius 3 is 2.65 bits per heavy atom. The quantitative estimate of drug-likeness (QED) is 0.677. The van der Waals surface area contributed by atoms with E-state index in [1.54, 1.807) is 25.1 Å². The Morgan fingerprint density at radius 2 is 2.00 bits per heavy atom. The molecule has 0 amide bonds. The summed E-state index contributed by atoms with van der Waals surface area (Å²) in [7, 11) is -3.67. The zero-order valence-electron chi connectivity index (χ0n) is 14.5. The van der Waals surface area contributed by atoms with Gasteiger partial charge < -0.3 is 4.52 Å². The summed E-state index contributed by atoms with van der Waals surface area (Å²) < 4.78 is 33.5. The molecule has 2 aromatic heterocycles. The molecule has 0 saturated heterocycles. The van der Waals surface area contributed by atoms with Crippen molar-refractivity contribution in [1.29, 1.82) is 0 Å². The van der Waals surface area contributed by atoms with Gasteiger partial charge >= 0.3 is 0 Å². The van der Waals surface area contributed by atoms with E-state index in [1.165, 1.54) is 11.3 Å². The zero-order chi connectivity index (χ0) is 18.3. The number of sulfonamides is 1. The average Bonchev–Trinajstić information content (AvgIpc) is 3.21. The molecule has 1 fully saturated rings. The molecule has 4 rings (SSSR count). The van der Waals surface area contributed by atoms with Gasteiger partial charge in [0.2, 0.25) is 11.7 Å². The molecule has 0 atom stereocenters. The van der Waals surface area contributed by atoms with Gasteiger partial charge in [0.1, 0.15) is 4.90 Å². The van der Waals surface area contributed by atoms with E-state index in [1.807, 2.05) is 12.1 Å². The van der Waals surface area contributed by atoms with Crippen molar-refractivity contribution in [3.8, 4) is 10.7 Å². The molecule has 0 aliphatic heterocycles. The third-order valence-corrected chi connectivity index (χ3v) is 7.05. The average molecular weight is 390 g/mol. The van der Waals surface area contributed by atoms with Gasteiger partial charge in [0.25, 0.3) is 10.0 Å². The van der Waals surface area contributed by atoms with Gasteiger partial charge in [-0.25, -0.2) is 8.42 Å². The van der Waals surface area contributed by atoms with Crippen LogP contribution in [0.4, 0.5) is 5.69 Å². The Kier molecular flexibility index (Phi) is 4.32. The van der Waals surface area contributed by atoms with Gasteiger partial charge in [0.15, 0.2) is 0 Å². The van der Waals surface area contributed by atoms with Crippen LogP contribution in [0.2, 0.25) is 0 Å². The molecule has 1 saturated carbocycles. The first-order valence-corrected chi connectivity index (χ1v) is 10.8. The molecule has 26 heavy (non-hydrogen) atoms. The van der Waals surface area contributed by atoms with Gasteiger partial charge in [-0.15, -0.1) is 11.3 Å². The Hall–Kier alpha value is -2.19. The molecular formula is C18H19N3O3S2. The Labute approximate surface area is 156 Å². The molecule has 0 radical (unpaired) electrons. The van der Waals surface area contributed by atoms with Gasteiger partial charge in [0.05, 0.1) is 4.88 Å². The van der Waals surface area contributed by atoms with E-state index >= 15 is 0 Å². The normalized spacial score (nSPS) is 14.5. The molecule has 1 N–H and O–H groups in total. The number of hydrogen-bond acceptors (Lipinski definition) is 6. The van der Waals surface area contributed by atoms with E-state index in [0.29, 0.717) is 33.1 Å². The summed E-state index contributed by atoms with van der Waals surface area (Å²) in [5.74, 6) is 1.46. The number of thiophene rings is 1. The standard InChI is InChI=1S/C18H19N3O3S2/c1-3-12-4-8-14(9-5-12)21-26(22,23)16-10-15(25-11(16)2)17-19-18(24-20-17)13-6-7-13/h4-5,8-10,13,21H,3,6-7H2,1-2H3. The molecule has 0 spiro atoms. The number of benzene rings is 1. The number of hydrogen-bond donors (Lipinski definition) is 1. The minimum atomic E-state index is -3.67. The molecule has 0 bridgehead atoms. The molecule has 8 heteroatoms. The summed E-state index contributed by atoms with van der Waals surface area (Å²) >= 11 is 1.35. The van der Waals surface area contributed by atoms with Crippen molar-refractivity contribution in [3.05, 3.63) is 46.7 Å². The largest absolute Gasteiger partial charge is 0.339 e. The highest BCUT2D eigenvalue weighted by Crippen LogP contribution is 2.40. The predicted octanol–water partition coefficient (Wildman–Crippen LogP) is 4.35. The van der Waals surface area contributed by atoms with Gasteiger partial charge in [-0.3, -0.25) is 4.72 Å². The number of nitrogens with zero attached hydrogens (tertiary/aromatic N) is 2. The molecule has 1 aromatic carbocycles. The van der Waals surface area contributed by atoms with E-state index in [2.05, 4.69) is 21.8 Å². The molecule has 136 valence electrons. The minimum absolute atomic E-state index is 0.245. The van der Waals surface area contributed by atoms with Gasteiger partial charge in [-0.05, 0) is 49.9 Å². The van der Waals surface area contributed by atoms with Crippen molar-refractivity contribution in [2.75, 3.05) is 4.72 Å². The molecule has 1 aliphatic carbocycles. The van der Waals surface area contributed by atoms with E-state index in [4.69, 9.17) is 4.52 Å². The number of aromatic nitrogens is 2. The maximum Gasteiger partial charge on any atom is 0.263 e. The summed E-state index contributed by atoms with van der Waals surface area (Å²) in [6.07, 6.45) is 3.06. The van der Waals surface area contributed by atoms with Crippen LogP contribution < -0.4 is 4.72 Å². The smallest absolute Gasteiger partial charge is 0.263 e. The fourth-order valence-corrected chi connectivity index (χ4v) is 5.27. The third kappa shape index (κ3) is 3.39. The number of rotatable bonds is 6. The molecule has 1 aliphatic rings. The monoisotopic (exact) mass is 389 g/mol. The second kappa shape index (κ2) is 6.51. The number of nitrogens with one attached hydrogen (secondary N) is 1. The minimum Gasteiger partial charge on any atom is -0.339 e. The lowest BCUT2D eigenvalue weighted by atomic mass is 10.2. The number of aryl methyl sites for hydroxylation is 2. The Balaban J connectivity index is 1.60. The van der Waals surface area contributed by atoms with Crippen LogP contribution >= 0.6 is 11.3 Å². The molecular weight excluding hydrogens is 370 g/mol. The van der Waals surface area contributed by atoms with E-state index in [0.717, 1.165) is 24.8 Å². The summed E-state index contributed by atoms with van der Waals surface area (Å²) in [5, 5.41) is 4.00. The summed E-state index contributed by atoms with van der Waals surface area (Å²) in [6, 6.07) is 9.01. The lowest BCUT2D eigenvalue weighted by Crippen LogP contribution is -2.13. The fraction of sp³-hybridized carbons (Fsp3) is 0.333. The van der Waals surface area contributed by atoms with Crippen molar-refractivity contribution in [3.63, 3.8) is 0 Å². The fourth-order valence-electron chi connectivity index (χ4n) is 2.69. The highest BCUT2D eigenvalue weighted by Gasteiger charge is 2.30. The van der Waals surface area contributed by atoms with Crippen molar-refractivity contribution in [2.45, 2.75) is 43.9 Å². The molecule has 2 heterocycles. The van der Waals surface area contributed by atoms with E-state index in [-0.39, 0.29) is 4.90 Å². The first kappa shape index (κ1) is 17.2. The van der Waals surface area contributed by atoms with Gasteiger partial charge in [0, 0.05) is 16.5 Å². The molecule has 3 aromatic rings. The van der Waals surface area contributed by atoms with Crippen LogP contribution in [0.25, 0.3) is 10.7 Å². The topological polar surface area (TPSA) is 85.1 Å². The molecule has 0 unspecified atom stereocenters. The highest BCUT2D eigenvalue weighted by atomic mass is 32.2.